The van der Waals surface area contributed by atoms with Gasteiger partial charge in [0.1, 0.15) is 5.54 Å². The van der Waals surface area contributed by atoms with Crippen molar-refractivity contribution in [3.05, 3.63) is 29.8 Å². The number of hydrogen-bond donors (Lipinski definition) is 1. The highest BCUT2D eigenvalue weighted by atomic mass is 32.2. The van der Waals surface area contributed by atoms with E-state index in [1.165, 1.54) is 12.1 Å². The molecule has 0 heterocycles. The number of halogens is 3. The number of alkyl halides is 3. The van der Waals surface area contributed by atoms with Crippen LogP contribution in [0, 0.1) is 17.2 Å². The van der Waals surface area contributed by atoms with E-state index in [-0.39, 0.29) is 17.6 Å². The van der Waals surface area contributed by atoms with E-state index in [2.05, 4.69) is 5.32 Å². The van der Waals surface area contributed by atoms with Crippen LogP contribution in [0.25, 0.3) is 0 Å². The van der Waals surface area contributed by atoms with Crippen LogP contribution >= 0.6 is 11.8 Å². The minimum absolute atomic E-state index is 0.0503. The SMILES string of the molecule is CC(C)C(C)(C#N)NC(=O)CSc1cccc(C(F)(F)F)c1. The summed E-state index contributed by atoms with van der Waals surface area (Å²) >= 11 is 1.00. The van der Waals surface area contributed by atoms with Gasteiger partial charge in [-0.05, 0) is 31.0 Å². The highest BCUT2D eigenvalue weighted by molar-refractivity contribution is 8.00. The molecular weight excluding hydrogens is 313 g/mol. The fourth-order valence-corrected chi connectivity index (χ4v) is 2.29. The van der Waals surface area contributed by atoms with Gasteiger partial charge in [0.15, 0.2) is 0 Å². The molecule has 0 aromatic heterocycles. The number of benzene rings is 1. The van der Waals surface area contributed by atoms with Crippen LogP contribution in [-0.4, -0.2) is 17.2 Å². The van der Waals surface area contributed by atoms with Gasteiger partial charge in [-0.3, -0.25) is 4.79 Å². The lowest BCUT2D eigenvalue weighted by molar-refractivity contribution is -0.137. The zero-order valence-corrected chi connectivity index (χ0v) is 13.3. The number of rotatable bonds is 5. The third-order valence-electron chi connectivity index (χ3n) is 3.32. The van der Waals surface area contributed by atoms with Crippen molar-refractivity contribution in [2.24, 2.45) is 5.92 Å². The van der Waals surface area contributed by atoms with Crippen LogP contribution in [-0.2, 0) is 11.0 Å². The largest absolute Gasteiger partial charge is 0.416 e. The van der Waals surface area contributed by atoms with Crippen LogP contribution in [0.4, 0.5) is 13.2 Å². The van der Waals surface area contributed by atoms with Crippen molar-refractivity contribution in [2.75, 3.05) is 5.75 Å². The van der Waals surface area contributed by atoms with Gasteiger partial charge in [0, 0.05) is 4.90 Å². The molecule has 1 aromatic rings. The summed E-state index contributed by atoms with van der Waals surface area (Å²) in [7, 11) is 0. The van der Waals surface area contributed by atoms with Crippen LogP contribution in [0.15, 0.2) is 29.2 Å². The summed E-state index contributed by atoms with van der Waals surface area (Å²) in [5, 5.41) is 11.7. The molecule has 0 fully saturated rings. The molecular formula is C15H17F3N2OS. The lowest BCUT2D eigenvalue weighted by atomic mass is 9.90. The average molecular weight is 330 g/mol. The molecule has 0 spiro atoms. The highest BCUT2D eigenvalue weighted by Crippen LogP contribution is 2.31. The molecule has 7 heteroatoms. The lowest BCUT2D eigenvalue weighted by Gasteiger charge is -2.27. The van der Waals surface area contributed by atoms with Gasteiger partial charge in [-0.15, -0.1) is 11.8 Å². The molecule has 1 unspecified atom stereocenters. The van der Waals surface area contributed by atoms with Gasteiger partial charge in [-0.1, -0.05) is 19.9 Å². The maximum absolute atomic E-state index is 12.6. The Morgan fingerprint density at radius 1 is 1.41 bits per heavy atom. The zero-order chi connectivity index (χ0) is 17.0. The van der Waals surface area contributed by atoms with Crippen molar-refractivity contribution in [2.45, 2.75) is 37.4 Å². The Balaban J connectivity index is 2.68. The lowest BCUT2D eigenvalue weighted by Crippen LogP contribution is -2.49. The fourth-order valence-electron chi connectivity index (χ4n) is 1.54. The molecule has 0 radical (unpaired) electrons. The predicted octanol–water partition coefficient (Wildman–Crippen LogP) is 3.85. The first-order valence-electron chi connectivity index (χ1n) is 6.61. The molecule has 22 heavy (non-hydrogen) atoms. The molecule has 1 amide bonds. The van der Waals surface area contributed by atoms with Gasteiger partial charge < -0.3 is 5.32 Å². The third kappa shape index (κ3) is 4.95. The number of nitrogens with one attached hydrogen (secondary N) is 1. The smallest absolute Gasteiger partial charge is 0.337 e. The molecule has 0 bridgehead atoms. The maximum atomic E-state index is 12.6. The van der Waals surface area contributed by atoms with E-state index in [4.69, 9.17) is 5.26 Å². The molecule has 0 aliphatic heterocycles. The Bertz CT molecular complexity index is 581. The summed E-state index contributed by atoms with van der Waals surface area (Å²) in [5.74, 6) is -0.522. The highest BCUT2D eigenvalue weighted by Gasteiger charge is 2.31. The van der Waals surface area contributed by atoms with Gasteiger partial charge in [0.05, 0.1) is 17.4 Å². The Labute approximate surface area is 131 Å². The topological polar surface area (TPSA) is 52.9 Å². The van der Waals surface area contributed by atoms with Gasteiger partial charge in [0.25, 0.3) is 0 Å². The minimum Gasteiger partial charge on any atom is -0.337 e. The molecule has 3 nitrogen and oxygen atoms in total. The minimum atomic E-state index is -4.41. The molecule has 1 atom stereocenters. The van der Waals surface area contributed by atoms with Crippen LogP contribution in [0.2, 0.25) is 0 Å². The van der Waals surface area contributed by atoms with Crippen molar-refractivity contribution in [3.63, 3.8) is 0 Å². The van der Waals surface area contributed by atoms with Crippen molar-refractivity contribution >= 4 is 17.7 Å². The summed E-state index contributed by atoms with van der Waals surface area (Å²) in [6.07, 6.45) is -4.41. The van der Waals surface area contributed by atoms with Crippen LogP contribution in [0.5, 0.6) is 0 Å². The Morgan fingerprint density at radius 3 is 2.55 bits per heavy atom. The number of nitrogens with zero attached hydrogens (tertiary/aromatic N) is 1. The van der Waals surface area contributed by atoms with Crippen molar-refractivity contribution in [1.82, 2.24) is 5.32 Å². The summed E-state index contributed by atoms with van der Waals surface area (Å²) in [6.45, 7) is 5.23. The Morgan fingerprint density at radius 2 is 2.05 bits per heavy atom. The first-order valence-corrected chi connectivity index (χ1v) is 7.59. The molecule has 120 valence electrons. The average Bonchev–Trinajstić information content (AvgIpc) is 2.44. The van der Waals surface area contributed by atoms with E-state index >= 15 is 0 Å². The number of thioether (sulfide) groups is 1. The Hall–Kier alpha value is -1.68. The van der Waals surface area contributed by atoms with E-state index in [1.54, 1.807) is 6.92 Å². The second kappa shape index (κ2) is 7.05. The van der Waals surface area contributed by atoms with Crippen molar-refractivity contribution < 1.29 is 18.0 Å². The number of hydrogen-bond acceptors (Lipinski definition) is 3. The summed E-state index contributed by atoms with van der Waals surface area (Å²) in [6, 6.07) is 6.85. The van der Waals surface area contributed by atoms with E-state index in [1.807, 2.05) is 19.9 Å². The van der Waals surface area contributed by atoms with Gasteiger partial charge >= 0.3 is 6.18 Å². The first kappa shape index (κ1) is 18.4. The fraction of sp³-hybridized carbons (Fsp3) is 0.467. The second-order valence-electron chi connectivity index (χ2n) is 5.33. The quantitative estimate of drug-likeness (QED) is 0.834. The number of carbonyl (C=O) groups excluding carboxylic acids is 1. The summed E-state index contributed by atoms with van der Waals surface area (Å²) in [4.78, 5) is 12.2. The predicted molar refractivity (Wildman–Crippen MR) is 79.2 cm³/mol. The third-order valence-corrected chi connectivity index (χ3v) is 4.31. The Kier molecular flexibility index (Phi) is 5.89. The molecule has 1 N–H and O–H groups in total. The zero-order valence-electron chi connectivity index (χ0n) is 12.5. The van der Waals surface area contributed by atoms with Crippen LogP contribution in [0.3, 0.4) is 0 Å². The van der Waals surface area contributed by atoms with Gasteiger partial charge in [0.2, 0.25) is 5.91 Å². The number of nitriles is 1. The second-order valence-corrected chi connectivity index (χ2v) is 6.38. The summed E-state index contributed by atoms with van der Waals surface area (Å²) in [5.41, 5.74) is -1.74. The molecule has 0 aliphatic rings. The molecule has 0 aliphatic carbocycles. The molecule has 1 aromatic carbocycles. The number of amides is 1. The molecule has 1 rings (SSSR count). The molecule has 0 saturated carbocycles. The van der Waals surface area contributed by atoms with E-state index in [0.29, 0.717) is 4.90 Å². The number of carbonyl (C=O) groups is 1. The van der Waals surface area contributed by atoms with Crippen molar-refractivity contribution in [1.29, 1.82) is 5.26 Å². The van der Waals surface area contributed by atoms with Crippen molar-refractivity contribution in [3.8, 4) is 6.07 Å². The van der Waals surface area contributed by atoms with Crippen LogP contribution in [0.1, 0.15) is 26.3 Å². The molecule has 0 saturated heterocycles. The van der Waals surface area contributed by atoms with E-state index in [9.17, 15) is 18.0 Å². The van der Waals surface area contributed by atoms with Gasteiger partial charge in [-0.25, -0.2) is 0 Å². The monoisotopic (exact) mass is 330 g/mol. The first-order chi connectivity index (χ1) is 10.1. The normalized spacial score (nSPS) is 14.3. The summed E-state index contributed by atoms with van der Waals surface area (Å²) < 4.78 is 37.8. The van der Waals surface area contributed by atoms with E-state index in [0.717, 1.165) is 23.9 Å². The van der Waals surface area contributed by atoms with Gasteiger partial charge in [-0.2, -0.15) is 18.4 Å². The standard InChI is InChI=1S/C15H17F3N2OS/c1-10(2)14(3,9-19)20-13(21)8-22-12-6-4-5-11(7-12)15(16,17)18/h4-7,10H,8H2,1-3H3,(H,20,21). The van der Waals surface area contributed by atoms with Crippen LogP contribution < -0.4 is 5.32 Å². The van der Waals surface area contributed by atoms with E-state index < -0.39 is 17.3 Å². The maximum Gasteiger partial charge on any atom is 0.416 e.